The molecule has 1 saturated carbocycles. The number of methoxy groups -OCH3 is 2. The van der Waals surface area contributed by atoms with Gasteiger partial charge in [0.1, 0.15) is 22.3 Å². The van der Waals surface area contributed by atoms with Crippen LogP contribution in [0.3, 0.4) is 0 Å². The van der Waals surface area contributed by atoms with Crippen molar-refractivity contribution < 1.29 is 19.4 Å². The Morgan fingerprint density at radius 2 is 2.00 bits per heavy atom. The first kappa shape index (κ1) is 17.3. The number of nitrogens with zero attached hydrogens (tertiary/aromatic N) is 3. The molecule has 7 nitrogen and oxygen atoms in total. The molecule has 0 saturated heterocycles. The van der Waals surface area contributed by atoms with Crippen LogP contribution < -0.4 is 14.4 Å². The Morgan fingerprint density at radius 3 is 2.56 bits per heavy atom. The third-order valence-corrected chi connectivity index (χ3v) is 4.41. The molecule has 3 rings (SSSR count). The first-order chi connectivity index (χ1) is 12.0. The molecule has 0 atom stereocenters. The van der Waals surface area contributed by atoms with Crippen molar-refractivity contribution in [3.8, 4) is 11.5 Å². The predicted molar refractivity (Wildman–Crippen MR) is 93.6 cm³/mol. The fourth-order valence-corrected chi connectivity index (χ4v) is 2.81. The van der Waals surface area contributed by atoms with E-state index in [-0.39, 0.29) is 16.6 Å². The second-order valence-corrected chi connectivity index (χ2v) is 6.12. The molecular formula is C17H18ClN3O4. The van der Waals surface area contributed by atoms with Gasteiger partial charge in [-0.05, 0) is 25.0 Å². The van der Waals surface area contributed by atoms with E-state index in [1.807, 2.05) is 0 Å². The standard InChI is InChI=1S/C17H18ClN3O4/c1-21(11-7-6-10(24-2)8-12(11)25-3)16-13(18)14(17(22)23)19-15(20-16)9-4-5-9/h6-9H,4-5H2,1-3H3,(H,22,23). The lowest BCUT2D eigenvalue weighted by molar-refractivity contribution is 0.0690. The number of aromatic nitrogens is 2. The van der Waals surface area contributed by atoms with Gasteiger partial charge >= 0.3 is 5.97 Å². The van der Waals surface area contributed by atoms with Gasteiger partial charge in [-0.1, -0.05) is 11.6 Å². The number of rotatable bonds is 6. The molecular weight excluding hydrogens is 346 g/mol. The molecule has 0 aliphatic heterocycles. The van der Waals surface area contributed by atoms with Crippen LogP contribution in [0.1, 0.15) is 35.1 Å². The van der Waals surface area contributed by atoms with Crippen LogP contribution in [-0.4, -0.2) is 42.3 Å². The summed E-state index contributed by atoms with van der Waals surface area (Å²) in [5, 5.41) is 9.40. The number of halogens is 1. The van der Waals surface area contributed by atoms with Crippen molar-refractivity contribution in [3.05, 3.63) is 34.7 Å². The van der Waals surface area contributed by atoms with Crippen LogP contribution in [-0.2, 0) is 0 Å². The molecule has 1 heterocycles. The highest BCUT2D eigenvalue weighted by atomic mass is 35.5. The summed E-state index contributed by atoms with van der Waals surface area (Å²) in [4.78, 5) is 21.8. The van der Waals surface area contributed by atoms with E-state index in [1.165, 1.54) is 0 Å². The number of anilines is 2. The lowest BCUT2D eigenvalue weighted by Gasteiger charge is -2.23. The van der Waals surface area contributed by atoms with Crippen LogP contribution in [0.2, 0.25) is 5.02 Å². The van der Waals surface area contributed by atoms with Gasteiger partial charge < -0.3 is 19.5 Å². The lowest BCUT2D eigenvalue weighted by atomic mass is 10.2. The fraction of sp³-hybridized carbons (Fsp3) is 0.353. The second kappa shape index (κ2) is 6.76. The Labute approximate surface area is 150 Å². The molecule has 1 fully saturated rings. The number of hydrogen-bond acceptors (Lipinski definition) is 6. The minimum Gasteiger partial charge on any atom is -0.497 e. The van der Waals surface area contributed by atoms with Crippen molar-refractivity contribution in [3.63, 3.8) is 0 Å². The Bertz CT molecular complexity index is 824. The van der Waals surface area contributed by atoms with Gasteiger partial charge in [-0.15, -0.1) is 0 Å². The van der Waals surface area contributed by atoms with Crippen molar-refractivity contribution in [2.45, 2.75) is 18.8 Å². The predicted octanol–water partition coefficient (Wildman–Crippen LogP) is 3.49. The highest BCUT2D eigenvalue weighted by Crippen LogP contribution is 2.42. The number of hydrogen-bond donors (Lipinski definition) is 1. The number of carboxylic acids is 1. The summed E-state index contributed by atoms with van der Waals surface area (Å²) >= 11 is 6.29. The highest BCUT2D eigenvalue weighted by Gasteiger charge is 2.31. The number of aromatic carboxylic acids is 1. The average Bonchev–Trinajstić information content (AvgIpc) is 3.45. The van der Waals surface area contributed by atoms with Gasteiger partial charge in [-0.25, -0.2) is 14.8 Å². The smallest absolute Gasteiger partial charge is 0.356 e. The molecule has 1 N–H and O–H groups in total. The first-order valence-electron chi connectivity index (χ1n) is 7.72. The van der Waals surface area contributed by atoms with Crippen LogP contribution >= 0.6 is 11.6 Å². The van der Waals surface area contributed by atoms with Crippen molar-refractivity contribution in [1.82, 2.24) is 9.97 Å². The summed E-state index contributed by atoms with van der Waals surface area (Å²) in [7, 11) is 4.87. The molecule has 132 valence electrons. The molecule has 0 spiro atoms. The third kappa shape index (κ3) is 3.32. The lowest BCUT2D eigenvalue weighted by Crippen LogP contribution is -2.17. The Morgan fingerprint density at radius 1 is 1.28 bits per heavy atom. The summed E-state index contributed by atoms with van der Waals surface area (Å²) in [6.45, 7) is 0. The first-order valence-corrected chi connectivity index (χ1v) is 8.10. The molecule has 0 unspecified atom stereocenters. The summed E-state index contributed by atoms with van der Waals surface area (Å²) in [6.07, 6.45) is 1.91. The van der Waals surface area contributed by atoms with E-state index < -0.39 is 5.97 Å². The number of benzene rings is 1. The van der Waals surface area contributed by atoms with E-state index in [9.17, 15) is 9.90 Å². The zero-order valence-corrected chi connectivity index (χ0v) is 14.9. The van der Waals surface area contributed by atoms with Gasteiger partial charge in [0.15, 0.2) is 11.5 Å². The molecule has 0 radical (unpaired) electrons. The van der Waals surface area contributed by atoms with Crippen LogP contribution in [0, 0.1) is 0 Å². The minimum absolute atomic E-state index is 0.00253. The Balaban J connectivity index is 2.10. The largest absolute Gasteiger partial charge is 0.497 e. The zero-order chi connectivity index (χ0) is 18.1. The van der Waals surface area contributed by atoms with Crippen LogP contribution in [0.25, 0.3) is 0 Å². The summed E-state index contributed by atoms with van der Waals surface area (Å²) < 4.78 is 10.6. The maximum absolute atomic E-state index is 11.5. The summed E-state index contributed by atoms with van der Waals surface area (Å²) in [6, 6.07) is 5.32. The second-order valence-electron chi connectivity index (χ2n) is 5.74. The molecule has 0 bridgehead atoms. The van der Waals surface area contributed by atoms with Gasteiger partial charge in [0.05, 0.1) is 19.9 Å². The molecule has 1 aliphatic carbocycles. The van der Waals surface area contributed by atoms with Crippen LogP contribution in [0.4, 0.5) is 11.5 Å². The van der Waals surface area contributed by atoms with Gasteiger partial charge in [0.25, 0.3) is 0 Å². The fourth-order valence-electron chi connectivity index (χ4n) is 2.52. The van der Waals surface area contributed by atoms with Gasteiger partial charge in [0.2, 0.25) is 0 Å². The van der Waals surface area contributed by atoms with E-state index in [4.69, 9.17) is 21.1 Å². The number of carboxylic acid groups (broad SMARTS) is 1. The van der Waals surface area contributed by atoms with Gasteiger partial charge in [0, 0.05) is 19.0 Å². The van der Waals surface area contributed by atoms with Crippen LogP contribution in [0.15, 0.2) is 18.2 Å². The molecule has 1 aliphatic rings. The Kier molecular flexibility index (Phi) is 4.67. The van der Waals surface area contributed by atoms with E-state index in [0.29, 0.717) is 28.8 Å². The van der Waals surface area contributed by atoms with Gasteiger partial charge in [-0.3, -0.25) is 0 Å². The van der Waals surface area contributed by atoms with Crippen molar-refractivity contribution in [1.29, 1.82) is 0 Å². The van der Waals surface area contributed by atoms with E-state index >= 15 is 0 Å². The minimum atomic E-state index is -1.18. The Hall–Kier alpha value is -2.54. The molecule has 1 aromatic heterocycles. The van der Waals surface area contributed by atoms with E-state index in [1.54, 1.807) is 44.4 Å². The SMILES string of the molecule is COc1ccc(N(C)c2nc(C3CC3)nc(C(=O)O)c2Cl)c(OC)c1. The normalized spacial score (nSPS) is 13.4. The molecule has 25 heavy (non-hydrogen) atoms. The summed E-state index contributed by atoms with van der Waals surface area (Å²) in [5.41, 5.74) is 0.495. The van der Waals surface area contributed by atoms with Gasteiger partial charge in [-0.2, -0.15) is 0 Å². The topological polar surface area (TPSA) is 84.8 Å². The summed E-state index contributed by atoms with van der Waals surface area (Å²) in [5.74, 6) is 1.07. The monoisotopic (exact) mass is 363 g/mol. The van der Waals surface area contributed by atoms with E-state index in [0.717, 1.165) is 12.8 Å². The number of ether oxygens (including phenoxy) is 2. The average molecular weight is 364 g/mol. The van der Waals surface area contributed by atoms with Crippen molar-refractivity contribution in [2.75, 3.05) is 26.2 Å². The quantitative estimate of drug-likeness (QED) is 0.840. The molecule has 2 aromatic rings. The third-order valence-electron chi connectivity index (χ3n) is 4.06. The maximum atomic E-state index is 11.5. The van der Waals surface area contributed by atoms with Crippen molar-refractivity contribution >= 4 is 29.1 Å². The maximum Gasteiger partial charge on any atom is 0.356 e. The molecule has 1 aromatic carbocycles. The van der Waals surface area contributed by atoms with Crippen molar-refractivity contribution in [2.24, 2.45) is 0 Å². The molecule has 8 heteroatoms. The highest BCUT2D eigenvalue weighted by molar-refractivity contribution is 6.35. The zero-order valence-electron chi connectivity index (χ0n) is 14.1. The van der Waals surface area contributed by atoms with Crippen LogP contribution in [0.5, 0.6) is 11.5 Å². The molecule has 0 amide bonds. The van der Waals surface area contributed by atoms with E-state index in [2.05, 4.69) is 9.97 Å². The number of carbonyl (C=O) groups is 1.